The Bertz CT molecular complexity index is 1080. The number of fused-ring (bicyclic) bond motifs is 1. The number of ether oxygens (including phenoxy) is 1. The number of rotatable bonds is 3. The second kappa shape index (κ2) is 8.01. The second-order valence-corrected chi connectivity index (χ2v) is 9.04. The Morgan fingerprint density at radius 2 is 1.58 bits per heavy atom. The number of nitrogens with zero attached hydrogens (tertiary/aromatic N) is 2. The molecule has 0 aromatic heterocycles. The summed E-state index contributed by atoms with van der Waals surface area (Å²) in [5, 5.41) is 2.47. The van der Waals surface area contributed by atoms with Gasteiger partial charge in [-0.1, -0.05) is 79.7 Å². The summed E-state index contributed by atoms with van der Waals surface area (Å²) in [5.41, 5.74) is 2.38. The molecule has 2 heterocycles. The van der Waals surface area contributed by atoms with Gasteiger partial charge in [0.1, 0.15) is 6.23 Å². The normalized spacial score (nSPS) is 29.0. The SMILES string of the molecule is C[C@@H]1CC[C@H](c2cccc3ccccc23)O[C@@H]1N1C(=O)N(C)[C@@H](C)[C@H]1c1ccccc1. The van der Waals surface area contributed by atoms with E-state index in [1.807, 2.05) is 35.0 Å². The largest absolute Gasteiger partial charge is 0.350 e. The van der Waals surface area contributed by atoms with Crippen molar-refractivity contribution in [2.75, 3.05) is 7.05 Å². The Hall–Kier alpha value is -2.85. The van der Waals surface area contributed by atoms with Crippen molar-refractivity contribution in [3.05, 3.63) is 83.9 Å². The van der Waals surface area contributed by atoms with Crippen molar-refractivity contribution in [2.45, 2.75) is 51.1 Å². The molecule has 0 radical (unpaired) electrons. The second-order valence-electron chi connectivity index (χ2n) is 9.04. The summed E-state index contributed by atoms with van der Waals surface area (Å²) in [4.78, 5) is 17.2. The Balaban J connectivity index is 1.51. The van der Waals surface area contributed by atoms with Crippen molar-refractivity contribution in [3.8, 4) is 0 Å². The van der Waals surface area contributed by atoms with Crippen LogP contribution in [0, 0.1) is 5.92 Å². The van der Waals surface area contributed by atoms with Crippen molar-refractivity contribution < 1.29 is 9.53 Å². The predicted molar refractivity (Wildman–Crippen MR) is 124 cm³/mol. The van der Waals surface area contributed by atoms with Crippen LogP contribution in [-0.4, -0.2) is 35.1 Å². The van der Waals surface area contributed by atoms with Crippen LogP contribution in [0.25, 0.3) is 10.8 Å². The number of likely N-dealkylation sites (N-methyl/N-ethyl adjacent to an activating group) is 1. The minimum absolute atomic E-state index is 0.0160. The maximum absolute atomic E-state index is 13.4. The van der Waals surface area contributed by atoms with E-state index in [2.05, 4.69) is 68.4 Å². The minimum atomic E-state index is -0.247. The zero-order chi connectivity index (χ0) is 21.5. The summed E-state index contributed by atoms with van der Waals surface area (Å²) >= 11 is 0. The Labute approximate surface area is 184 Å². The first-order valence-corrected chi connectivity index (χ1v) is 11.3. The van der Waals surface area contributed by atoms with E-state index in [-0.39, 0.29) is 36.4 Å². The minimum Gasteiger partial charge on any atom is -0.350 e. The smallest absolute Gasteiger partial charge is 0.322 e. The molecule has 0 aliphatic carbocycles. The van der Waals surface area contributed by atoms with E-state index in [0.29, 0.717) is 0 Å². The molecule has 0 N–H and O–H groups in total. The highest BCUT2D eigenvalue weighted by Gasteiger charge is 2.48. The molecule has 31 heavy (non-hydrogen) atoms. The highest BCUT2D eigenvalue weighted by atomic mass is 16.5. The van der Waals surface area contributed by atoms with Crippen molar-refractivity contribution in [2.24, 2.45) is 5.92 Å². The Kier molecular flexibility index (Phi) is 5.19. The van der Waals surface area contributed by atoms with Crippen LogP contribution in [0.4, 0.5) is 4.79 Å². The molecule has 0 saturated carbocycles. The molecule has 5 rings (SSSR count). The molecule has 0 bridgehead atoms. The van der Waals surface area contributed by atoms with E-state index in [9.17, 15) is 4.79 Å². The molecule has 2 saturated heterocycles. The van der Waals surface area contributed by atoms with Gasteiger partial charge in [0.15, 0.2) is 0 Å². The zero-order valence-electron chi connectivity index (χ0n) is 18.4. The van der Waals surface area contributed by atoms with Gasteiger partial charge in [0.2, 0.25) is 0 Å². The molecule has 0 spiro atoms. The quantitative estimate of drug-likeness (QED) is 0.515. The van der Waals surface area contributed by atoms with E-state index < -0.39 is 0 Å². The van der Waals surface area contributed by atoms with Crippen LogP contribution in [0.3, 0.4) is 0 Å². The fourth-order valence-electron chi connectivity index (χ4n) is 5.30. The molecule has 4 heteroatoms. The average molecular weight is 415 g/mol. The third-order valence-electron chi connectivity index (χ3n) is 7.15. The number of carbonyl (C=O) groups is 1. The molecule has 2 aliphatic rings. The van der Waals surface area contributed by atoms with E-state index in [1.54, 1.807) is 0 Å². The molecular formula is C27H30N2O2. The van der Waals surface area contributed by atoms with Crippen LogP contribution >= 0.6 is 0 Å². The average Bonchev–Trinajstić information content (AvgIpc) is 3.03. The van der Waals surface area contributed by atoms with E-state index in [0.717, 1.165) is 18.4 Å². The van der Waals surface area contributed by atoms with Crippen molar-refractivity contribution in [1.29, 1.82) is 0 Å². The molecule has 4 nitrogen and oxygen atoms in total. The maximum atomic E-state index is 13.4. The number of hydrogen-bond donors (Lipinski definition) is 0. The lowest BCUT2D eigenvalue weighted by Crippen LogP contribution is -2.47. The van der Waals surface area contributed by atoms with E-state index >= 15 is 0 Å². The first kappa shape index (κ1) is 20.1. The molecule has 2 amide bonds. The van der Waals surface area contributed by atoms with Crippen molar-refractivity contribution >= 4 is 16.8 Å². The van der Waals surface area contributed by atoms with Gasteiger partial charge in [-0.2, -0.15) is 0 Å². The summed E-state index contributed by atoms with van der Waals surface area (Å²) in [7, 11) is 1.90. The molecule has 5 atom stereocenters. The van der Waals surface area contributed by atoms with Gasteiger partial charge in [0, 0.05) is 13.0 Å². The maximum Gasteiger partial charge on any atom is 0.322 e. The van der Waals surface area contributed by atoms with Crippen molar-refractivity contribution in [3.63, 3.8) is 0 Å². The lowest BCUT2D eigenvalue weighted by atomic mass is 9.90. The molecule has 2 aliphatic heterocycles. The third kappa shape index (κ3) is 3.39. The fraction of sp³-hybridized carbons (Fsp3) is 0.370. The topological polar surface area (TPSA) is 32.8 Å². The Morgan fingerprint density at radius 1 is 0.871 bits per heavy atom. The molecule has 3 aromatic carbocycles. The highest BCUT2D eigenvalue weighted by Crippen LogP contribution is 2.44. The van der Waals surface area contributed by atoms with Crippen LogP contribution < -0.4 is 0 Å². The number of hydrogen-bond acceptors (Lipinski definition) is 2. The number of benzene rings is 3. The van der Waals surface area contributed by atoms with E-state index in [4.69, 9.17) is 4.74 Å². The lowest BCUT2D eigenvalue weighted by molar-refractivity contribution is -0.147. The van der Waals surface area contributed by atoms with Crippen molar-refractivity contribution in [1.82, 2.24) is 9.80 Å². The number of urea groups is 1. The number of amides is 2. The van der Waals surface area contributed by atoms with Gasteiger partial charge < -0.3 is 9.64 Å². The molecule has 160 valence electrons. The van der Waals surface area contributed by atoms with Crippen LogP contribution in [0.1, 0.15) is 50.0 Å². The first-order valence-electron chi connectivity index (χ1n) is 11.3. The van der Waals surface area contributed by atoms with Gasteiger partial charge in [0.25, 0.3) is 0 Å². The first-order chi connectivity index (χ1) is 15.1. The van der Waals surface area contributed by atoms with Gasteiger partial charge in [-0.3, -0.25) is 4.90 Å². The molecule has 0 unspecified atom stereocenters. The molecular weight excluding hydrogens is 384 g/mol. The molecule has 3 aromatic rings. The van der Waals surface area contributed by atoms with Gasteiger partial charge in [-0.15, -0.1) is 0 Å². The standard InChI is InChI=1S/C27H30N2O2/c1-18-16-17-24(23-15-9-13-20-10-7-8-14-22(20)23)31-26(18)29-25(19(2)28(3)27(29)30)21-11-5-4-6-12-21/h4-15,18-19,24-26H,16-17H2,1-3H3/t18-,19+,24-,25+,26+/m1/s1. The fourth-order valence-corrected chi connectivity index (χ4v) is 5.30. The Morgan fingerprint density at radius 3 is 2.39 bits per heavy atom. The van der Waals surface area contributed by atoms with Gasteiger partial charge in [-0.05, 0) is 41.7 Å². The monoisotopic (exact) mass is 414 g/mol. The summed E-state index contributed by atoms with van der Waals surface area (Å²) in [6, 6.07) is 25.4. The summed E-state index contributed by atoms with van der Waals surface area (Å²) in [6.07, 6.45) is 1.73. The lowest BCUT2D eigenvalue weighted by Gasteiger charge is -2.42. The van der Waals surface area contributed by atoms with Crippen LogP contribution in [0.2, 0.25) is 0 Å². The third-order valence-corrected chi connectivity index (χ3v) is 7.15. The van der Waals surface area contributed by atoms with Crippen LogP contribution in [-0.2, 0) is 4.74 Å². The van der Waals surface area contributed by atoms with Crippen LogP contribution in [0.15, 0.2) is 72.8 Å². The van der Waals surface area contributed by atoms with Gasteiger partial charge in [-0.25, -0.2) is 4.79 Å². The zero-order valence-corrected chi connectivity index (χ0v) is 18.4. The van der Waals surface area contributed by atoms with Gasteiger partial charge >= 0.3 is 6.03 Å². The highest BCUT2D eigenvalue weighted by molar-refractivity contribution is 5.86. The molecule has 2 fully saturated rings. The summed E-state index contributed by atoms with van der Waals surface area (Å²) in [6.45, 7) is 4.34. The predicted octanol–water partition coefficient (Wildman–Crippen LogP) is 6.15. The van der Waals surface area contributed by atoms with E-state index in [1.165, 1.54) is 16.3 Å². The number of carbonyl (C=O) groups excluding carboxylic acids is 1. The summed E-state index contributed by atoms with van der Waals surface area (Å²) in [5.74, 6) is 0.278. The van der Waals surface area contributed by atoms with Crippen LogP contribution in [0.5, 0.6) is 0 Å². The van der Waals surface area contributed by atoms with Gasteiger partial charge in [0.05, 0.1) is 18.2 Å². The summed E-state index contributed by atoms with van der Waals surface area (Å²) < 4.78 is 6.77.